The molecule has 4 heteroatoms. The van der Waals surface area contributed by atoms with Crippen LogP contribution >= 0.6 is 11.6 Å². The minimum atomic E-state index is -0.442. The Morgan fingerprint density at radius 2 is 1.80 bits per heavy atom. The van der Waals surface area contributed by atoms with Gasteiger partial charge in [-0.3, -0.25) is 0 Å². The molecule has 0 aliphatic rings. The zero-order valence-corrected chi connectivity index (χ0v) is 12.1. The summed E-state index contributed by atoms with van der Waals surface area (Å²) in [5.41, 5.74) is 1.58. The van der Waals surface area contributed by atoms with Gasteiger partial charge in [-0.05, 0) is 37.6 Å². The third-order valence-corrected chi connectivity index (χ3v) is 3.69. The van der Waals surface area contributed by atoms with Gasteiger partial charge >= 0.3 is 0 Å². The van der Waals surface area contributed by atoms with Crippen LogP contribution in [0.5, 0.6) is 0 Å². The van der Waals surface area contributed by atoms with E-state index in [-0.39, 0.29) is 16.9 Å². The van der Waals surface area contributed by atoms with Gasteiger partial charge in [0.2, 0.25) is 0 Å². The minimum Gasteiger partial charge on any atom is -0.313 e. The first-order chi connectivity index (χ1) is 9.54. The van der Waals surface area contributed by atoms with Crippen molar-refractivity contribution in [2.75, 3.05) is 7.05 Å². The maximum absolute atomic E-state index is 14.2. The lowest BCUT2D eigenvalue weighted by atomic mass is 9.97. The summed E-state index contributed by atoms with van der Waals surface area (Å²) in [4.78, 5) is 0. The lowest BCUT2D eigenvalue weighted by Gasteiger charge is -2.19. The molecule has 2 rings (SSSR count). The van der Waals surface area contributed by atoms with Crippen molar-refractivity contribution in [1.82, 2.24) is 5.32 Å². The first kappa shape index (κ1) is 14.9. The van der Waals surface area contributed by atoms with Crippen LogP contribution in [0.4, 0.5) is 8.78 Å². The molecule has 0 saturated carbocycles. The quantitative estimate of drug-likeness (QED) is 0.880. The molecule has 20 heavy (non-hydrogen) atoms. The number of aryl methyl sites for hydroxylation is 1. The number of benzene rings is 2. The summed E-state index contributed by atoms with van der Waals surface area (Å²) in [6.07, 6.45) is 0.337. The standard InChI is InChI=1S/C16H16ClF2N/c1-10-5-3-7-12(15(10)18)14(20-2)9-11-6-4-8-13(17)16(11)19/h3-8,14,20H,9H2,1-2H3. The van der Waals surface area contributed by atoms with Crippen LogP contribution in [0.15, 0.2) is 36.4 Å². The fraction of sp³-hybridized carbons (Fsp3) is 0.250. The molecule has 0 bridgehead atoms. The number of hydrogen-bond donors (Lipinski definition) is 1. The van der Waals surface area contributed by atoms with E-state index in [0.29, 0.717) is 23.1 Å². The van der Waals surface area contributed by atoms with Gasteiger partial charge in [0, 0.05) is 11.6 Å². The average molecular weight is 296 g/mol. The van der Waals surface area contributed by atoms with E-state index in [0.717, 1.165) is 0 Å². The first-order valence-electron chi connectivity index (χ1n) is 6.39. The van der Waals surface area contributed by atoms with Gasteiger partial charge in [-0.1, -0.05) is 41.9 Å². The summed E-state index contributed by atoms with van der Waals surface area (Å²) >= 11 is 5.77. The van der Waals surface area contributed by atoms with Crippen molar-refractivity contribution in [3.63, 3.8) is 0 Å². The van der Waals surface area contributed by atoms with Gasteiger partial charge < -0.3 is 5.32 Å². The summed E-state index contributed by atoms with van der Waals surface area (Å²) in [6, 6.07) is 9.79. The molecular weight excluding hydrogens is 280 g/mol. The normalized spacial score (nSPS) is 12.4. The molecule has 0 aromatic heterocycles. The molecule has 0 heterocycles. The molecule has 0 amide bonds. The lowest BCUT2D eigenvalue weighted by molar-refractivity contribution is 0.516. The molecule has 106 valence electrons. The van der Waals surface area contributed by atoms with Crippen LogP contribution in [0.3, 0.4) is 0 Å². The topological polar surface area (TPSA) is 12.0 Å². The molecule has 1 N–H and O–H groups in total. The minimum absolute atomic E-state index is 0.0852. The highest BCUT2D eigenvalue weighted by atomic mass is 35.5. The number of likely N-dealkylation sites (N-methyl/N-ethyl adjacent to an activating group) is 1. The van der Waals surface area contributed by atoms with Crippen LogP contribution in [0.2, 0.25) is 5.02 Å². The van der Waals surface area contributed by atoms with E-state index in [2.05, 4.69) is 5.32 Å². The SMILES string of the molecule is CNC(Cc1cccc(Cl)c1F)c1cccc(C)c1F. The molecule has 0 spiro atoms. The Bertz CT molecular complexity index is 613. The van der Waals surface area contributed by atoms with Crippen molar-refractivity contribution in [2.24, 2.45) is 0 Å². The van der Waals surface area contributed by atoms with E-state index in [9.17, 15) is 8.78 Å². The fourth-order valence-electron chi connectivity index (χ4n) is 2.23. The second-order valence-corrected chi connectivity index (χ2v) is 5.14. The molecule has 0 aliphatic heterocycles. The van der Waals surface area contributed by atoms with Crippen molar-refractivity contribution in [2.45, 2.75) is 19.4 Å². The molecule has 0 aliphatic carbocycles. The molecule has 0 fully saturated rings. The van der Waals surface area contributed by atoms with Crippen LogP contribution in [-0.2, 0) is 6.42 Å². The number of nitrogens with one attached hydrogen (secondary N) is 1. The molecule has 1 atom stereocenters. The second-order valence-electron chi connectivity index (χ2n) is 4.74. The Hall–Kier alpha value is -1.45. The van der Waals surface area contributed by atoms with Gasteiger partial charge in [-0.2, -0.15) is 0 Å². The van der Waals surface area contributed by atoms with Gasteiger partial charge in [0.15, 0.2) is 0 Å². The Morgan fingerprint density at radius 3 is 2.50 bits per heavy atom. The maximum atomic E-state index is 14.2. The smallest absolute Gasteiger partial charge is 0.145 e. The Balaban J connectivity index is 2.34. The van der Waals surface area contributed by atoms with Crippen molar-refractivity contribution in [1.29, 1.82) is 0 Å². The van der Waals surface area contributed by atoms with E-state index >= 15 is 0 Å². The summed E-state index contributed by atoms with van der Waals surface area (Å²) in [5.74, 6) is -0.697. The fourth-order valence-corrected chi connectivity index (χ4v) is 2.43. The second kappa shape index (κ2) is 6.33. The van der Waals surface area contributed by atoms with Crippen LogP contribution in [0.25, 0.3) is 0 Å². The predicted molar refractivity (Wildman–Crippen MR) is 78.1 cm³/mol. The molecule has 1 nitrogen and oxygen atoms in total. The van der Waals surface area contributed by atoms with Crippen LogP contribution < -0.4 is 5.32 Å². The molecule has 2 aromatic carbocycles. The third-order valence-electron chi connectivity index (χ3n) is 3.40. The Kier molecular flexibility index (Phi) is 4.73. The molecule has 0 saturated heterocycles. The van der Waals surface area contributed by atoms with Crippen molar-refractivity contribution < 1.29 is 8.78 Å². The molecule has 1 unspecified atom stereocenters. The van der Waals surface area contributed by atoms with Gasteiger partial charge in [-0.15, -0.1) is 0 Å². The number of hydrogen-bond acceptors (Lipinski definition) is 1. The Morgan fingerprint density at radius 1 is 1.10 bits per heavy atom. The van der Waals surface area contributed by atoms with Gasteiger partial charge in [0.25, 0.3) is 0 Å². The molecular formula is C16H16ClF2N. The molecule has 0 radical (unpaired) electrons. The zero-order chi connectivity index (χ0) is 14.7. The Labute approximate surface area is 122 Å². The lowest BCUT2D eigenvalue weighted by Crippen LogP contribution is -2.21. The van der Waals surface area contributed by atoms with E-state index in [1.807, 2.05) is 0 Å². The zero-order valence-electron chi connectivity index (χ0n) is 11.4. The highest BCUT2D eigenvalue weighted by molar-refractivity contribution is 6.30. The third kappa shape index (κ3) is 3.00. The average Bonchev–Trinajstić information content (AvgIpc) is 2.44. The highest BCUT2D eigenvalue weighted by Gasteiger charge is 2.18. The van der Waals surface area contributed by atoms with Crippen molar-refractivity contribution >= 4 is 11.6 Å². The van der Waals surface area contributed by atoms with Crippen LogP contribution in [-0.4, -0.2) is 7.05 Å². The van der Waals surface area contributed by atoms with E-state index in [4.69, 9.17) is 11.6 Å². The maximum Gasteiger partial charge on any atom is 0.145 e. The largest absolute Gasteiger partial charge is 0.313 e. The summed E-state index contributed by atoms with van der Waals surface area (Å²) in [7, 11) is 1.73. The van der Waals surface area contributed by atoms with Crippen LogP contribution in [0.1, 0.15) is 22.7 Å². The first-order valence-corrected chi connectivity index (χ1v) is 6.77. The van der Waals surface area contributed by atoms with Crippen molar-refractivity contribution in [3.8, 4) is 0 Å². The number of halogens is 3. The van der Waals surface area contributed by atoms with E-state index < -0.39 is 5.82 Å². The van der Waals surface area contributed by atoms with E-state index in [1.54, 1.807) is 44.3 Å². The monoisotopic (exact) mass is 295 g/mol. The van der Waals surface area contributed by atoms with Crippen molar-refractivity contribution in [3.05, 3.63) is 69.7 Å². The summed E-state index contributed by atoms with van der Waals surface area (Å²) in [6.45, 7) is 1.71. The summed E-state index contributed by atoms with van der Waals surface area (Å²) in [5, 5.41) is 3.12. The summed E-state index contributed by atoms with van der Waals surface area (Å²) < 4.78 is 28.1. The van der Waals surface area contributed by atoms with E-state index in [1.165, 1.54) is 6.07 Å². The van der Waals surface area contributed by atoms with Gasteiger partial charge in [0.05, 0.1) is 5.02 Å². The number of rotatable bonds is 4. The van der Waals surface area contributed by atoms with Crippen LogP contribution in [0, 0.1) is 18.6 Å². The molecule has 2 aromatic rings. The van der Waals surface area contributed by atoms with Gasteiger partial charge in [0.1, 0.15) is 11.6 Å². The van der Waals surface area contributed by atoms with Gasteiger partial charge in [-0.25, -0.2) is 8.78 Å². The highest BCUT2D eigenvalue weighted by Crippen LogP contribution is 2.26. The predicted octanol–water partition coefficient (Wildman–Crippen LogP) is 4.43.